The van der Waals surface area contributed by atoms with Gasteiger partial charge < -0.3 is 48.0 Å². The van der Waals surface area contributed by atoms with Crippen molar-refractivity contribution in [2.24, 2.45) is 17.2 Å². The lowest BCUT2D eigenvalue weighted by Gasteiger charge is -2.16. The molecule has 0 rings (SSSR count). The van der Waals surface area contributed by atoms with E-state index >= 15 is 0 Å². The Morgan fingerprint density at radius 2 is 1.50 bits per heavy atom. The lowest BCUT2D eigenvalue weighted by atomic mass is 10.1. The van der Waals surface area contributed by atoms with E-state index in [0.717, 1.165) is 57.8 Å². The molecule has 0 bridgehead atoms. The average molecular weight is 490 g/mol. The van der Waals surface area contributed by atoms with Gasteiger partial charge in [0.05, 0.1) is 24.7 Å². The zero-order valence-corrected chi connectivity index (χ0v) is 21.6. The number of rotatable bonds is 21. The van der Waals surface area contributed by atoms with Crippen molar-refractivity contribution in [3.63, 3.8) is 0 Å². The van der Waals surface area contributed by atoms with Crippen molar-refractivity contribution in [1.29, 1.82) is 0 Å². The molecule has 0 aliphatic carbocycles. The number of hydrogen-bond donors (Lipinski definition) is 7. The van der Waals surface area contributed by atoms with Gasteiger partial charge in [0.2, 0.25) is 11.8 Å². The lowest BCUT2D eigenvalue weighted by molar-refractivity contribution is -0.125. The highest BCUT2D eigenvalue weighted by Gasteiger charge is 2.17. The minimum atomic E-state index is -0.534. The van der Waals surface area contributed by atoms with E-state index in [1.807, 2.05) is 7.05 Å². The summed E-state index contributed by atoms with van der Waals surface area (Å²) >= 11 is 0. The van der Waals surface area contributed by atoms with Gasteiger partial charge in [-0.05, 0) is 78.7 Å². The van der Waals surface area contributed by atoms with Crippen LogP contribution in [0.2, 0.25) is 0 Å². The molecule has 3 unspecified atom stereocenters. The van der Waals surface area contributed by atoms with Gasteiger partial charge in [0, 0.05) is 13.7 Å². The number of likely N-dealkylation sites (N-methyl/N-ethyl adjacent to an activating group) is 1. The first-order valence-electron chi connectivity index (χ1n) is 12.4. The summed E-state index contributed by atoms with van der Waals surface area (Å²) in [6, 6.07) is -1.09. The van der Waals surface area contributed by atoms with Crippen LogP contribution < -0.4 is 38.5 Å². The SMILES string of the molecule is CNC(CCCCN)C(=O)NCCOC.CNCCCCC(N)C(=O)NC(C=O)CCCCN. The molecule has 11 nitrogen and oxygen atoms in total. The summed E-state index contributed by atoms with van der Waals surface area (Å²) < 4.78 is 4.85. The Morgan fingerprint density at radius 1 is 0.882 bits per heavy atom. The normalized spacial score (nSPS) is 13.2. The molecule has 0 aliphatic rings. The van der Waals surface area contributed by atoms with Crippen molar-refractivity contribution in [3.05, 3.63) is 0 Å². The monoisotopic (exact) mass is 489 g/mol. The van der Waals surface area contributed by atoms with E-state index in [1.54, 1.807) is 14.2 Å². The highest BCUT2D eigenvalue weighted by Crippen LogP contribution is 2.02. The van der Waals surface area contributed by atoms with E-state index < -0.39 is 12.1 Å². The smallest absolute Gasteiger partial charge is 0.237 e. The first-order valence-corrected chi connectivity index (χ1v) is 12.4. The van der Waals surface area contributed by atoms with Crippen LogP contribution in [0.15, 0.2) is 0 Å². The number of amides is 2. The van der Waals surface area contributed by atoms with Crippen LogP contribution in [-0.4, -0.2) is 90.2 Å². The number of carbonyl (C=O) groups excluding carboxylic acids is 3. The summed E-state index contributed by atoms with van der Waals surface area (Å²) in [7, 11) is 5.30. The molecule has 2 amide bonds. The van der Waals surface area contributed by atoms with E-state index in [0.29, 0.717) is 39.1 Å². The lowest BCUT2D eigenvalue weighted by Crippen LogP contribution is -2.46. The fourth-order valence-corrected chi connectivity index (χ4v) is 3.07. The number of unbranched alkanes of at least 4 members (excludes halogenated alkanes) is 3. The van der Waals surface area contributed by atoms with E-state index in [9.17, 15) is 14.4 Å². The Balaban J connectivity index is 0. The van der Waals surface area contributed by atoms with Crippen LogP contribution in [0.5, 0.6) is 0 Å². The van der Waals surface area contributed by atoms with Crippen molar-refractivity contribution in [2.75, 3.05) is 54.0 Å². The first kappa shape index (κ1) is 34.5. The molecule has 0 saturated carbocycles. The predicted octanol–water partition coefficient (Wildman–Crippen LogP) is -1.02. The minimum Gasteiger partial charge on any atom is -0.383 e. The zero-order valence-electron chi connectivity index (χ0n) is 21.6. The summed E-state index contributed by atoms with van der Waals surface area (Å²) in [5.41, 5.74) is 16.6. The molecule has 0 saturated heterocycles. The van der Waals surface area contributed by atoms with E-state index in [1.165, 1.54) is 0 Å². The highest BCUT2D eigenvalue weighted by atomic mass is 16.5. The topological polar surface area (TPSA) is 187 Å². The summed E-state index contributed by atoms with van der Waals surface area (Å²) in [6.07, 6.45) is 8.37. The third kappa shape index (κ3) is 20.9. The Kier molecular flexibility index (Phi) is 26.4. The first-order chi connectivity index (χ1) is 16.4. The maximum absolute atomic E-state index is 11.8. The van der Waals surface area contributed by atoms with Crippen molar-refractivity contribution in [2.45, 2.75) is 75.9 Å². The Bertz CT molecular complexity index is 498. The van der Waals surface area contributed by atoms with Crippen molar-refractivity contribution in [1.82, 2.24) is 21.3 Å². The number of nitrogens with two attached hydrogens (primary N) is 3. The number of ether oxygens (including phenoxy) is 1. The second-order valence-corrected chi connectivity index (χ2v) is 8.15. The van der Waals surface area contributed by atoms with Crippen LogP contribution in [0.4, 0.5) is 0 Å². The third-order valence-electron chi connectivity index (χ3n) is 5.21. The molecule has 0 aliphatic heterocycles. The van der Waals surface area contributed by atoms with Crippen LogP contribution >= 0.6 is 0 Å². The summed E-state index contributed by atoms with van der Waals surface area (Å²) in [6.45, 7) is 3.31. The van der Waals surface area contributed by atoms with Crippen LogP contribution in [0, 0.1) is 0 Å². The molecule has 34 heavy (non-hydrogen) atoms. The number of aldehydes is 1. The van der Waals surface area contributed by atoms with E-state index in [4.69, 9.17) is 21.9 Å². The van der Waals surface area contributed by atoms with Gasteiger partial charge in [0.1, 0.15) is 6.29 Å². The van der Waals surface area contributed by atoms with Crippen LogP contribution in [0.1, 0.15) is 57.8 Å². The zero-order chi connectivity index (χ0) is 26.0. The van der Waals surface area contributed by atoms with Gasteiger partial charge in [-0.3, -0.25) is 9.59 Å². The predicted molar refractivity (Wildman–Crippen MR) is 137 cm³/mol. The molecule has 0 radical (unpaired) electrons. The molecule has 0 aromatic rings. The molecule has 0 aromatic heterocycles. The Morgan fingerprint density at radius 3 is 2.03 bits per heavy atom. The number of nitrogens with one attached hydrogen (secondary N) is 4. The standard InChI is InChI=1S/C13H28N4O2.C10H23N3O2/c1-16-9-5-3-7-12(15)13(19)17-11(10-18)6-2-4-8-14;1-12-9(5-3-4-6-11)10(14)13-7-8-15-2/h10-12,16H,2-9,14-15H2,1H3,(H,17,19);9,12H,3-8,11H2,1-2H3,(H,13,14). The molecule has 0 heterocycles. The largest absolute Gasteiger partial charge is 0.383 e. The second kappa shape index (κ2) is 26.0. The summed E-state index contributed by atoms with van der Waals surface area (Å²) in [4.78, 5) is 34.2. The maximum atomic E-state index is 11.8. The van der Waals surface area contributed by atoms with E-state index in [-0.39, 0.29) is 17.9 Å². The number of hydrogen-bond acceptors (Lipinski definition) is 9. The van der Waals surface area contributed by atoms with Crippen molar-refractivity contribution < 1.29 is 19.1 Å². The van der Waals surface area contributed by atoms with Gasteiger partial charge in [-0.1, -0.05) is 12.8 Å². The van der Waals surface area contributed by atoms with Crippen LogP contribution in [0.3, 0.4) is 0 Å². The van der Waals surface area contributed by atoms with Gasteiger partial charge in [-0.25, -0.2) is 0 Å². The minimum absolute atomic E-state index is 0.0339. The quantitative estimate of drug-likeness (QED) is 0.0782. The van der Waals surface area contributed by atoms with E-state index in [2.05, 4.69) is 21.3 Å². The van der Waals surface area contributed by atoms with Gasteiger partial charge in [-0.15, -0.1) is 0 Å². The molecule has 10 N–H and O–H groups in total. The van der Waals surface area contributed by atoms with Gasteiger partial charge in [-0.2, -0.15) is 0 Å². The highest BCUT2D eigenvalue weighted by molar-refractivity contribution is 5.84. The van der Waals surface area contributed by atoms with Crippen LogP contribution in [-0.2, 0) is 19.1 Å². The molecule has 202 valence electrons. The Hall–Kier alpha value is -1.63. The maximum Gasteiger partial charge on any atom is 0.237 e. The van der Waals surface area contributed by atoms with Gasteiger partial charge in [0.15, 0.2) is 0 Å². The molecule has 0 fully saturated rings. The molecule has 3 atom stereocenters. The Labute approximate surface area is 206 Å². The van der Waals surface area contributed by atoms with Crippen molar-refractivity contribution >= 4 is 18.1 Å². The van der Waals surface area contributed by atoms with Crippen LogP contribution in [0.25, 0.3) is 0 Å². The molecule has 0 spiro atoms. The number of methoxy groups -OCH3 is 1. The van der Waals surface area contributed by atoms with Gasteiger partial charge >= 0.3 is 0 Å². The molecular weight excluding hydrogens is 438 g/mol. The fourth-order valence-electron chi connectivity index (χ4n) is 3.07. The number of carbonyl (C=O) groups is 3. The summed E-state index contributed by atoms with van der Waals surface area (Å²) in [5.74, 6) is -0.208. The molecular formula is C23H51N7O4. The van der Waals surface area contributed by atoms with Crippen molar-refractivity contribution in [3.8, 4) is 0 Å². The fraction of sp³-hybridized carbons (Fsp3) is 0.870. The summed E-state index contributed by atoms with van der Waals surface area (Å²) in [5, 5.41) is 11.5. The third-order valence-corrected chi connectivity index (χ3v) is 5.21. The van der Waals surface area contributed by atoms with Gasteiger partial charge in [0.25, 0.3) is 0 Å². The average Bonchev–Trinajstić information content (AvgIpc) is 2.84. The molecule has 0 aromatic carbocycles. The molecule has 11 heteroatoms. The second-order valence-electron chi connectivity index (χ2n) is 8.15.